The first kappa shape index (κ1) is 14.6. The van der Waals surface area contributed by atoms with E-state index >= 15 is 0 Å². The molecule has 2 rings (SSSR count). The second kappa shape index (κ2) is 6.10. The molecule has 19 heavy (non-hydrogen) atoms. The number of hydrogen-bond donors (Lipinski definition) is 1. The number of benzene rings is 1. The Bertz CT molecular complexity index is 675. The van der Waals surface area contributed by atoms with E-state index in [1.54, 1.807) is 6.07 Å². The van der Waals surface area contributed by atoms with Gasteiger partial charge in [0.2, 0.25) is 0 Å². The second-order valence-corrected chi connectivity index (χ2v) is 5.67. The Hall–Kier alpha value is -0.800. The molecule has 0 spiro atoms. The van der Waals surface area contributed by atoms with Crippen molar-refractivity contribution in [3.05, 3.63) is 48.1 Å². The quantitative estimate of drug-likeness (QED) is 0.749. The van der Waals surface area contributed by atoms with E-state index < -0.39 is 5.82 Å². The number of nitrogens with zero attached hydrogens (tertiary/aromatic N) is 1. The van der Waals surface area contributed by atoms with Crippen LogP contribution in [0.15, 0.2) is 27.5 Å². The van der Waals surface area contributed by atoms with Crippen molar-refractivity contribution in [1.82, 2.24) is 9.97 Å². The fraction of sp³-hybridized carbons (Fsp3) is 0.167. The molecule has 2 aromatic rings. The zero-order valence-corrected chi connectivity index (χ0v) is 13.6. The van der Waals surface area contributed by atoms with Crippen LogP contribution in [-0.2, 0) is 11.3 Å². The van der Waals surface area contributed by atoms with Crippen LogP contribution in [0.1, 0.15) is 5.69 Å². The van der Waals surface area contributed by atoms with Crippen molar-refractivity contribution in [2.24, 2.45) is 0 Å². The summed E-state index contributed by atoms with van der Waals surface area (Å²) in [5, 5.41) is 0. The number of H-pyrrole nitrogens is 1. The van der Waals surface area contributed by atoms with E-state index in [1.165, 1.54) is 19.2 Å². The van der Waals surface area contributed by atoms with Gasteiger partial charge in [-0.15, -0.1) is 0 Å². The minimum atomic E-state index is -0.396. The van der Waals surface area contributed by atoms with Gasteiger partial charge in [-0.3, -0.25) is 4.79 Å². The van der Waals surface area contributed by atoms with Crippen LogP contribution in [0.4, 0.5) is 4.39 Å². The molecule has 1 N–H and O–H groups in total. The van der Waals surface area contributed by atoms with Gasteiger partial charge in [-0.25, -0.2) is 9.37 Å². The van der Waals surface area contributed by atoms with Gasteiger partial charge in [0.1, 0.15) is 15.2 Å². The minimum absolute atomic E-state index is 0.224. The molecule has 1 aromatic heterocycles. The van der Waals surface area contributed by atoms with Gasteiger partial charge in [0.25, 0.3) is 5.56 Å². The predicted molar refractivity (Wildman–Crippen MR) is 81.4 cm³/mol. The summed E-state index contributed by atoms with van der Waals surface area (Å²) in [5.74, 6) is -0.0865. The summed E-state index contributed by atoms with van der Waals surface area (Å²) in [6.45, 7) is 0.224. The third-order valence-electron chi connectivity index (χ3n) is 2.40. The molecule has 0 radical (unpaired) electrons. The topological polar surface area (TPSA) is 55.0 Å². The van der Waals surface area contributed by atoms with Crippen LogP contribution in [-0.4, -0.2) is 17.1 Å². The zero-order valence-electron chi connectivity index (χ0n) is 9.84. The lowest BCUT2D eigenvalue weighted by molar-refractivity contribution is 0.180. The number of ether oxygens (including phenoxy) is 1. The highest BCUT2D eigenvalue weighted by Crippen LogP contribution is 2.26. The van der Waals surface area contributed by atoms with Gasteiger partial charge < -0.3 is 9.72 Å². The van der Waals surface area contributed by atoms with Gasteiger partial charge in [-0.05, 0) is 40.8 Å². The number of aromatic nitrogens is 2. The third-order valence-corrected chi connectivity index (χ3v) is 4.20. The number of hydrogen-bond acceptors (Lipinski definition) is 3. The van der Waals surface area contributed by atoms with Crippen molar-refractivity contribution in [3.8, 4) is 11.4 Å². The molecule has 0 saturated carbocycles. The van der Waals surface area contributed by atoms with Gasteiger partial charge in [0, 0.05) is 17.1 Å². The van der Waals surface area contributed by atoms with Crippen molar-refractivity contribution in [1.29, 1.82) is 0 Å². The van der Waals surface area contributed by atoms with E-state index in [1.807, 2.05) is 22.6 Å². The van der Waals surface area contributed by atoms with Gasteiger partial charge >= 0.3 is 0 Å². The lowest BCUT2D eigenvalue weighted by atomic mass is 10.2. The molecular weight excluding hydrogens is 430 g/mol. The summed E-state index contributed by atoms with van der Waals surface area (Å²) in [6, 6.07) is 4.21. The van der Waals surface area contributed by atoms with E-state index in [-0.39, 0.29) is 12.2 Å². The van der Waals surface area contributed by atoms with E-state index in [0.29, 0.717) is 25.1 Å². The molecule has 1 heterocycles. The van der Waals surface area contributed by atoms with Crippen LogP contribution in [0.2, 0.25) is 0 Å². The number of halogens is 3. The smallest absolute Gasteiger partial charge is 0.264 e. The zero-order chi connectivity index (χ0) is 14.0. The van der Waals surface area contributed by atoms with Crippen LogP contribution in [0, 0.1) is 9.39 Å². The lowest BCUT2D eigenvalue weighted by Crippen LogP contribution is -2.17. The average molecular weight is 439 g/mol. The summed E-state index contributed by atoms with van der Waals surface area (Å²) in [6.07, 6.45) is 0. The fourth-order valence-corrected chi connectivity index (χ4v) is 2.39. The maximum atomic E-state index is 13.3. The molecule has 7 heteroatoms. The van der Waals surface area contributed by atoms with Gasteiger partial charge in [-0.1, -0.05) is 15.9 Å². The largest absolute Gasteiger partial charge is 0.378 e. The van der Waals surface area contributed by atoms with Crippen molar-refractivity contribution in [3.63, 3.8) is 0 Å². The first-order valence-electron chi connectivity index (χ1n) is 5.26. The van der Waals surface area contributed by atoms with E-state index in [4.69, 9.17) is 4.74 Å². The Labute approximate surface area is 130 Å². The first-order chi connectivity index (χ1) is 9.02. The monoisotopic (exact) mass is 438 g/mol. The number of aromatic amines is 1. The summed E-state index contributed by atoms with van der Waals surface area (Å²) < 4.78 is 19.4. The van der Waals surface area contributed by atoms with Crippen LogP contribution in [0.3, 0.4) is 0 Å². The predicted octanol–water partition coefficient (Wildman–Crippen LogP) is 3.09. The maximum absolute atomic E-state index is 13.3. The number of rotatable bonds is 3. The highest BCUT2D eigenvalue weighted by molar-refractivity contribution is 14.1. The lowest BCUT2D eigenvalue weighted by Gasteiger charge is -2.08. The maximum Gasteiger partial charge on any atom is 0.264 e. The Morgan fingerprint density at radius 2 is 2.26 bits per heavy atom. The molecule has 0 bridgehead atoms. The molecule has 0 saturated heterocycles. The molecule has 0 aliphatic heterocycles. The Kier molecular flexibility index (Phi) is 4.69. The average Bonchev–Trinajstić information content (AvgIpc) is 2.38. The molecule has 1 aromatic carbocycles. The van der Waals surface area contributed by atoms with Gasteiger partial charge in [0.15, 0.2) is 0 Å². The standard InChI is InChI=1S/C12H9BrFIN2O2/c1-19-5-9-10(15)12(18)17-11(16-9)7-4-6(14)2-3-8(7)13/h2-4H,5H2,1H3,(H,16,17,18). The minimum Gasteiger partial charge on any atom is -0.378 e. The number of methoxy groups -OCH3 is 1. The summed E-state index contributed by atoms with van der Waals surface area (Å²) in [5.41, 5.74) is 0.748. The van der Waals surface area contributed by atoms with Crippen molar-refractivity contribution in [2.45, 2.75) is 6.61 Å². The van der Waals surface area contributed by atoms with Crippen molar-refractivity contribution < 1.29 is 9.13 Å². The van der Waals surface area contributed by atoms with Crippen LogP contribution < -0.4 is 5.56 Å². The Morgan fingerprint density at radius 3 is 2.95 bits per heavy atom. The Morgan fingerprint density at radius 1 is 1.53 bits per heavy atom. The van der Waals surface area contributed by atoms with Crippen molar-refractivity contribution >= 4 is 38.5 Å². The molecule has 0 fully saturated rings. The van der Waals surface area contributed by atoms with Crippen LogP contribution >= 0.6 is 38.5 Å². The second-order valence-electron chi connectivity index (χ2n) is 3.73. The van der Waals surface area contributed by atoms with Gasteiger partial charge in [-0.2, -0.15) is 0 Å². The van der Waals surface area contributed by atoms with Crippen LogP contribution in [0.5, 0.6) is 0 Å². The molecule has 0 atom stereocenters. The van der Waals surface area contributed by atoms with E-state index in [2.05, 4.69) is 25.9 Å². The molecule has 100 valence electrons. The van der Waals surface area contributed by atoms with E-state index in [9.17, 15) is 9.18 Å². The molecule has 0 amide bonds. The van der Waals surface area contributed by atoms with E-state index in [0.717, 1.165) is 0 Å². The van der Waals surface area contributed by atoms with Crippen LogP contribution in [0.25, 0.3) is 11.4 Å². The molecular formula is C12H9BrFIN2O2. The molecule has 0 aliphatic carbocycles. The van der Waals surface area contributed by atoms with Gasteiger partial charge in [0.05, 0.1) is 12.3 Å². The summed E-state index contributed by atoms with van der Waals surface area (Å²) >= 11 is 5.22. The molecule has 0 aliphatic rings. The fourth-order valence-electron chi connectivity index (χ4n) is 1.54. The summed E-state index contributed by atoms with van der Waals surface area (Å²) in [4.78, 5) is 18.8. The first-order valence-corrected chi connectivity index (χ1v) is 7.13. The third kappa shape index (κ3) is 3.21. The number of nitrogens with one attached hydrogen (secondary N) is 1. The molecule has 0 unspecified atom stereocenters. The highest BCUT2D eigenvalue weighted by Gasteiger charge is 2.12. The SMILES string of the molecule is COCc1nc(-c2cc(F)ccc2Br)[nH]c(=O)c1I. The van der Waals surface area contributed by atoms with Crippen molar-refractivity contribution in [2.75, 3.05) is 7.11 Å². The molecule has 4 nitrogen and oxygen atoms in total. The highest BCUT2D eigenvalue weighted by atomic mass is 127. The Balaban J connectivity index is 2.62. The normalized spacial score (nSPS) is 10.7. The summed E-state index contributed by atoms with van der Waals surface area (Å²) in [7, 11) is 1.52.